The molecule has 0 bridgehead atoms. The summed E-state index contributed by atoms with van der Waals surface area (Å²) in [5.74, 6) is 2.77. The van der Waals surface area contributed by atoms with Crippen molar-refractivity contribution in [2.75, 3.05) is 0 Å². The van der Waals surface area contributed by atoms with Crippen LogP contribution in [0.2, 0.25) is 0 Å². The molecule has 0 radical (unpaired) electrons. The molecule has 88 valence electrons. The van der Waals surface area contributed by atoms with Crippen molar-refractivity contribution in [3.8, 4) is 0 Å². The lowest BCUT2D eigenvalue weighted by Crippen LogP contribution is -2.76. The van der Waals surface area contributed by atoms with Gasteiger partial charge in [-0.1, -0.05) is 48.5 Å². The third-order valence-corrected chi connectivity index (χ3v) is 6.64. The molecule has 0 saturated heterocycles. The van der Waals surface area contributed by atoms with E-state index in [9.17, 15) is 0 Å². The van der Waals surface area contributed by atoms with Crippen molar-refractivity contribution in [1.29, 1.82) is 0 Å². The van der Waals surface area contributed by atoms with Crippen LogP contribution in [0.4, 0.5) is 0 Å². The quantitative estimate of drug-likeness (QED) is 0.615. The third kappa shape index (κ3) is 0.996. The molecular weight excluding hydrogens is 180 g/mol. The number of hydrogen-bond donors (Lipinski definition) is 0. The van der Waals surface area contributed by atoms with Crippen LogP contribution in [-0.2, 0) is 0 Å². The normalized spacial score (nSPS) is 52.0. The number of fused-ring (bicyclic) bond motifs is 1. The van der Waals surface area contributed by atoms with E-state index in [2.05, 4.69) is 48.5 Å². The van der Waals surface area contributed by atoms with Crippen molar-refractivity contribution in [2.24, 2.45) is 34.0 Å². The molecule has 0 aromatic heterocycles. The van der Waals surface area contributed by atoms with Crippen molar-refractivity contribution in [1.82, 2.24) is 0 Å². The molecule has 15 heavy (non-hydrogen) atoms. The first-order valence-corrected chi connectivity index (χ1v) is 6.68. The molecule has 2 aliphatic rings. The average molecular weight is 208 g/mol. The van der Waals surface area contributed by atoms with Crippen LogP contribution in [0.3, 0.4) is 0 Å². The first kappa shape index (κ1) is 11.5. The van der Waals surface area contributed by atoms with E-state index < -0.39 is 0 Å². The minimum atomic E-state index is 0.566. The van der Waals surface area contributed by atoms with Gasteiger partial charge >= 0.3 is 0 Å². The van der Waals surface area contributed by atoms with Crippen molar-refractivity contribution in [2.45, 2.75) is 61.3 Å². The lowest BCUT2D eigenvalue weighted by molar-refractivity contribution is -0.340. The summed E-state index contributed by atoms with van der Waals surface area (Å²) in [7, 11) is 0. The molecule has 2 rings (SSSR count). The van der Waals surface area contributed by atoms with E-state index in [-0.39, 0.29) is 0 Å². The average Bonchev–Trinajstić information content (AvgIpc) is 2.10. The zero-order valence-corrected chi connectivity index (χ0v) is 11.6. The van der Waals surface area contributed by atoms with Crippen LogP contribution >= 0.6 is 0 Å². The summed E-state index contributed by atoms with van der Waals surface area (Å²) in [5.41, 5.74) is 1.77. The Morgan fingerprint density at radius 1 is 1.13 bits per heavy atom. The predicted octanol–water partition coefficient (Wildman–Crippen LogP) is 4.74. The van der Waals surface area contributed by atoms with Crippen LogP contribution in [0.1, 0.15) is 61.3 Å². The maximum Gasteiger partial charge on any atom is -0.0207 e. The second-order valence-corrected chi connectivity index (χ2v) is 7.62. The van der Waals surface area contributed by atoms with E-state index in [1.807, 2.05) is 0 Å². The summed E-state index contributed by atoms with van der Waals surface area (Å²) in [4.78, 5) is 0. The first-order chi connectivity index (χ1) is 6.68. The SMILES string of the molecule is CC(C)CC1(C)C(C)(C)C2CC(C)C21C. The van der Waals surface area contributed by atoms with Gasteiger partial charge in [-0.05, 0) is 46.8 Å². The van der Waals surface area contributed by atoms with Crippen molar-refractivity contribution in [3.05, 3.63) is 0 Å². The van der Waals surface area contributed by atoms with Crippen molar-refractivity contribution >= 4 is 0 Å². The van der Waals surface area contributed by atoms with E-state index >= 15 is 0 Å². The Morgan fingerprint density at radius 3 is 2.07 bits per heavy atom. The topological polar surface area (TPSA) is 0 Å². The molecule has 0 nitrogen and oxygen atoms in total. The molecule has 4 atom stereocenters. The highest BCUT2D eigenvalue weighted by molar-refractivity contribution is 5.24. The van der Waals surface area contributed by atoms with Gasteiger partial charge < -0.3 is 0 Å². The Labute approximate surface area is 95.8 Å². The molecule has 2 aliphatic carbocycles. The molecule has 0 heterocycles. The summed E-state index contributed by atoms with van der Waals surface area (Å²) in [5, 5.41) is 0. The monoisotopic (exact) mass is 208 g/mol. The van der Waals surface area contributed by atoms with E-state index in [0.29, 0.717) is 16.2 Å². The maximum absolute atomic E-state index is 2.56. The molecule has 0 aromatic carbocycles. The van der Waals surface area contributed by atoms with Crippen LogP contribution in [0.5, 0.6) is 0 Å². The Morgan fingerprint density at radius 2 is 1.67 bits per heavy atom. The highest BCUT2D eigenvalue weighted by Crippen LogP contribution is 2.83. The minimum Gasteiger partial charge on any atom is -0.0628 e. The standard InChI is InChI=1S/C15H28/c1-10(2)9-14(6)13(4,5)12-8-11(3)15(12,14)7/h10-12H,8-9H2,1-7H3. The second-order valence-electron chi connectivity index (χ2n) is 7.62. The van der Waals surface area contributed by atoms with E-state index in [0.717, 1.165) is 17.8 Å². The van der Waals surface area contributed by atoms with Gasteiger partial charge in [-0.3, -0.25) is 0 Å². The Balaban J connectivity index is 2.29. The van der Waals surface area contributed by atoms with Crippen molar-refractivity contribution < 1.29 is 0 Å². The molecule has 0 spiro atoms. The Bertz CT molecular complexity index is 276. The highest BCUT2D eigenvalue weighted by atomic mass is 14.8. The molecule has 4 unspecified atom stereocenters. The van der Waals surface area contributed by atoms with Crippen molar-refractivity contribution in [3.63, 3.8) is 0 Å². The van der Waals surface area contributed by atoms with Crippen LogP contribution in [0, 0.1) is 34.0 Å². The van der Waals surface area contributed by atoms with Gasteiger partial charge in [0.2, 0.25) is 0 Å². The van der Waals surface area contributed by atoms with Crippen LogP contribution in [0.25, 0.3) is 0 Å². The van der Waals surface area contributed by atoms with Gasteiger partial charge in [-0.25, -0.2) is 0 Å². The third-order valence-electron chi connectivity index (χ3n) is 6.64. The van der Waals surface area contributed by atoms with Gasteiger partial charge in [0.1, 0.15) is 0 Å². The summed E-state index contributed by atoms with van der Waals surface area (Å²) >= 11 is 0. The summed E-state index contributed by atoms with van der Waals surface area (Å²) in [6.07, 6.45) is 2.87. The molecular formula is C15H28. The lowest BCUT2D eigenvalue weighted by atomic mass is 9.22. The Hall–Kier alpha value is 0. The predicted molar refractivity (Wildman–Crippen MR) is 66.7 cm³/mol. The molecule has 0 N–H and O–H groups in total. The second kappa shape index (κ2) is 2.81. The molecule has 0 amide bonds. The van der Waals surface area contributed by atoms with E-state index in [1.165, 1.54) is 12.8 Å². The summed E-state index contributed by atoms with van der Waals surface area (Å²) in [6.45, 7) is 17.3. The minimum absolute atomic E-state index is 0.566. The van der Waals surface area contributed by atoms with Crippen LogP contribution < -0.4 is 0 Å². The number of hydrogen-bond acceptors (Lipinski definition) is 0. The molecule has 0 aromatic rings. The largest absolute Gasteiger partial charge is 0.0628 e. The summed E-state index contributed by atoms with van der Waals surface area (Å²) < 4.78 is 0. The van der Waals surface area contributed by atoms with Crippen LogP contribution in [-0.4, -0.2) is 0 Å². The van der Waals surface area contributed by atoms with Gasteiger partial charge in [-0.2, -0.15) is 0 Å². The van der Waals surface area contributed by atoms with Gasteiger partial charge in [0.15, 0.2) is 0 Å². The molecule has 2 saturated carbocycles. The fraction of sp³-hybridized carbons (Fsp3) is 1.00. The molecule has 0 heteroatoms. The van der Waals surface area contributed by atoms with Gasteiger partial charge in [0.05, 0.1) is 0 Å². The van der Waals surface area contributed by atoms with Gasteiger partial charge in [0.25, 0.3) is 0 Å². The van der Waals surface area contributed by atoms with Crippen LogP contribution in [0.15, 0.2) is 0 Å². The zero-order chi connectivity index (χ0) is 11.6. The molecule has 0 aliphatic heterocycles. The molecule has 2 fully saturated rings. The van der Waals surface area contributed by atoms with E-state index in [4.69, 9.17) is 0 Å². The van der Waals surface area contributed by atoms with E-state index in [1.54, 1.807) is 0 Å². The maximum atomic E-state index is 2.56. The summed E-state index contributed by atoms with van der Waals surface area (Å²) in [6, 6.07) is 0. The lowest BCUT2D eigenvalue weighted by Gasteiger charge is -2.82. The zero-order valence-electron chi connectivity index (χ0n) is 11.6. The Kier molecular flexibility index (Phi) is 2.15. The van der Waals surface area contributed by atoms with Gasteiger partial charge in [0, 0.05) is 0 Å². The number of rotatable bonds is 2. The fourth-order valence-corrected chi connectivity index (χ4v) is 5.30. The van der Waals surface area contributed by atoms with Gasteiger partial charge in [-0.15, -0.1) is 0 Å². The highest BCUT2D eigenvalue weighted by Gasteiger charge is 2.76. The fourth-order valence-electron chi connectivity index (χ4n) is 5.30. The first-order valence-electron chi connectivity index (χ1n) is 6.68. The smallest absolute Gasteiger partial charge is 0.0207 e.